The molecule has 0 spiro atoms. The van der Waals surface area contributed by atoms with Crippen molar-refractivity contribution in [3.8, 4) is 0 Å². The molecule has 0 atom stereocenters. The number of ether oxygens (including phenoxy) is 1. The van der Waals surface area contributed by atoms with Gasteiger partial charge in [-0.25, -0.2) is 9.78 Å². The van der Waals surface area contributed by atoms with Crippen molar-refractivity contribution in [2.75, 3.05) is 11.9 Å². The second kappa shape index (κ2) is 8.05. The van der Waals surface area contributed by atoms with Crippen LogP contribution in [0.5, 0.6) is 0 Å². The Kier molecular flexibility index (Phi) is 7.54. The minimum atomic E-state index is -0.499. The van der Waals surface area contributed by atoms with E-state index in [1.165, 1.54) is 11.3 Å². The monoisotopic (exact) mass is 273 g/mol. The summed E-state index contributed by atoms with van der Waals surface area (Å²) < 4.78 is 5.10. The zero-order chi connectivity index (χ0) is 14.2. The first-order valence-corrected chi connectivity index (χ1v) is 6.87. The number of rotatable bonds is 3. The summed E-state index contributed by atoms with van der Waals surface area (Å²) in [6.07, 6.45) is 2.00. The average molecular weight is 273 g/mol. The normalized spacial score (nSPS) is 10.3. The van der Waals surface area contributed by atoms with Crippen molar-refractivity contribution in [1.29, 1.82) is 0 Å². The van der Waals surface area contributed by atoms with Crippen LogP contribution >= 0.6 is 11.3 Å². The molecule has 0 aliphatic rings. The van der Waals surface area contributed by atoms with Crippen LogP contribution in [0.4, 0.5) is 9.93 Å². The van der Waals surface area contributed by atoms with Gasteiger partial charge < -0.3 is 10.5 Å². The van der Waals surface area contributed by atoms with Gasteiger partial charge in [-0.15, -0.1) is 11.3 Å². The molecule has 18 heavy (non-hydrogen) atoms. The lowest BCUT2D eigenvalue weighted by atomic mass is 10.2. The molecule has 1 rings (SSSR count). The standard InChI is InChI=1S/C10H17N3O2S.C2H6/c1-10(2,3)15-9(14)13-8-12-6-7(16-8)4-5-11;1-2/h6H,4-5,11H2,1-3H3,(H,12,13,14);1-2H3. The van der Waals surface area contributed by atoms with Crippen molar-refractivity contribution in [3.63, 3.8) is 0 Å². The summed E-state index contributed by atoms with van der Waals surface area (Å²) >= 11 is 1.41. The number of amides is 1. The molecule has 0 fully saturated rings. The van der Waals surface area contributed by atoms with E-state index >= 15 is 0 Å². The van der Waals surface area contributed by atoms with Crippen molar-refractivity contribution in [1.82, 2.24) is 4.98 Å². The molecule has 0 unspecified atom stereocenters. The van der Waals surface area contributed by atoms with Crippen molar-refractivity contribution in [3.05, 3.63) is 11.1 Å². The Labute approximate surface area is 113 Å². The molecule has 6 heteroatoms. The summed E-state index contributed by atoms with van der Waals surface area (Å²) in [5.74, 6) is 0. The van der Waals surface area contributed by atoms with E-state index in [4.69, 9.17) is 10.5 Å². The van der Waals surface area contributed by atoms with E-state index in [0.717, 1.165) is 11.3 Å². The van der Waals surface area contributed by atoms with Crippen molar-refractivity contribution in [2.24, 2.45) is 5.73 Å². The summed E-state index contributed by atoms with van der Waals surface area (Å²) in [6.45, 7) is 10.0. The molecule has 1 aromatic rings. The molecule has 0 saturated carbocycles. The number of thiazole rings is 1. The highest BCUT2D eigenvalue weighted by Crippen LogP contribution is 2.19. The zero-order valence-corrected chi connectivity index (χ0v) is 12.6. The van der Waals surface area contributed by atoms with Gasteiger partial charge >= 0.3 is 6.09 Å². The highest BCUT2D eigenvalue weighted by Gasteiger charge is 2.17. The van der Waals surface area contributed by atoms with Crippen LogP contribution in [0, 0.1) is 0 Å². The number of nitrogens with zero attached hydrogens (tertiary/aromatic N) is 1. The van der Waals surface area contributed by atoms with Gasteiger partial charge in [-0.2, -0.15) is 0 Å². The summed E-state index contributed by atoms with van der Waals surface area (Å²) in [4.78, 5) is 16.5. The highest BCUT2D eigenvalue weighted by molar-refractivity contribution is 7.15. The predicted molar refractivity (Wildman–Crippen MR) is 76.1 cm³/mol. The first kappa shape index (κ1) is 16.9. The van der Waals surface area contributed by atoms with E-state index in [1.807, 2.05) is 34.6 Å². The quantitative estimate of drug-likeness (QED) is 0.887. The predicted octanol–water partition coefficient (Wildman–Crippen LogP) is 3.02. The maximum Gasteiger partial charge on any atom is 0.413 e. The van der Waals surface area contributed by atoms with Gasteiger partial charge in [-0.1, -0.05) is 13.8 Å². The van der Waals surface area contributed by atoms with Crippen LogP contribution in [0.3, 0.4) is 0 Å². The second-order valence-electron chi connectivity index (χ2n) is 4.30. The molecule has 0 radical (unpaired) electrons. The molecule has 0 aliphatic heterocycles. The van der Waals surface area contributed by atoms with Gasteiger partial charge in [0.1, 0.15) is 5.60 Å². The van der Waals surface area contributed by atoms with Crippen LogP contribution in [0.1, 0.15) is 39.5 Å². The smallest absolute Gasteiger partial charge is 0.413 e. The van der Waals surface area contributed by atoms with E-state index in [2.05, 4.69) is 10.3 Å². The highest BCUT2D eigenvalue weighted by atomic mass is 32.1. The molecule has 1 aromatic heterocycles. The molecular weight excluding hydrogens is 250 g/mol. The third-order valence-electron chi connectivity index (χ3n) is 1.55. The summed E-state index contributed by atoms with van der Waals surface area (Å²) in [7, 11) is 0. The number of carbonyl (C=O) groups excluding carboxylic acids is 1. The van der Waals surface area contributed by atoms with Gasteiger partial charge in [0.05, 0.1) is 0 Å². The fourth-order valence-electron chi connectivity index (χ4n) is 1.01. The minimum Gasteiger partial charge on any atom is -0.444 e. The number of nitrogens with one attached hydrogen (secondary N) is 1. The Morgan fingerprint density at radius 3 is 2.61 bits per heavy atom. The van der Waals surface area contributed by atoms with E-state index in [1.54, 1.807) is 6.20 Å². The fraction of sp³-hybridized carbons (Fsp3) is 0.667. The first-order chi connectivity index (χ1) is 8.40. The fourth-order valence-corrected chi connectivity index (χ4v) is 1.83. The van der Waals surface area contributed by atoms with Gasteiger partial charge in [0.25, 0.3) is 0 Å². The van der Waals surface area contributed by atoms with Crippen LogP contribution in [0.15, 0.2) is 6.20 Å². The molecule has 1 amide bonds. The lowest BCUT2D eigenvalue weighted by Crippen LogP contribution is -2.27. The molecular formula is C12H23N3O2S. The maximum atomic E-state index is 11.4. The van der Waals surface area contributed by atoms with Gasteiger partial charge in [0.15, 0.2) is 5.13 Å². The average Bonchev–Trinajstić information content (AvgIpc) is 2.66. The topological polar surface area (TPSA) is 77.2 Å². The van der Waals surface area contributed by atoms with Crippen LogP contribution in [-0.4, -0.2) is 23.2 Å². The number of hydrogen-bond donors (Lipinski definition) is 2. The number of carbonyl (C=O) groups is 1. The Morgan fingerprint density at radius 2 is 2.11 bits per heavy atom. The van der Waals surface area contributed by atoms with Gasteiger partial charge in [0, 0.05) is 11.1 Å². The van der Waals surface area contributed by atoms with Gasteiger partial charge in [-0.3, -0.25) is 5.32 Å². The Hall–Kier alpha value is -1.14. The van der Waals surface area contributed by atoms with Gasteiger partial charge in [0.2, 0.25) is 0 Å². The lowest BCUT2D eigenvalue weighted by Gasteiger charge is -2.18. The van der Waals surface area contributed by atoms with Crippen molar-refractivity contribution >= 4 is 22.6 Å². The molecule has 104 valence electrons. The summed E-state index contributed by atoms with van der Waals surface area (Å²) in [5, 5.41) is 3.12. The Bertz CT molecular complexity index is 358. The first-order valence-electron chi connectivity index (χ1n) is 6.05. The van der Waals surface area contributed by atoms with E-state index < -0.39 is 11.7 Å². The third kappa shape index (κ3) is 7.24. The second-order valence-corrected chi connectivity index (χ2v) is 5.41. The Morgan fingerprint density at radius 1 is 1.50 bits per heavy atom. The van der Waals surface area contributed by atoms with Crippen molar-refractivity contribution < 1.29 is 9.53 Å². The van der Waals surface area contributed by atoms with E-state index in [0.29, 0.717) is 11.7 Å². The molecule has 0 bridgehead atoms. The van der Waals surface area contributed by atoms with Crippen LogP contribution in [0.2, 0.25) is 0 Å². The Balaban J connectivity index is 0.00000137. The number of anilines is 1. The van der Waals surface area contributed by atoms with E-state index in [-0.39, 0.29) is 0 Å². The largest absolute Gasteiger partial charge is 0.444 e. The SMILES string of the molecule is CC.CC(C)(C)OC(=O)Nc1ncc(CCN)s1. The maximum absolute atomic E-state index is 11.4. The number of nitrogens with two attached hydrogens (primary N) is 1. The zero-order valence-electron chi connectivity index (χ0n) is 11.7. The minimum absolute atomic E-state index is 0.485. The molecule has 3 N–H and O–H groups in total. The summed E-state index contributed by atoms with van der Waals surface area (Å²) in [6, 6.07) is 0. The molecule has 0 saturated heterocycles. The molecule has 0 aliphatic carbocycles. The molecule has 5 nitrogen and oxygen atoms in total. The molecule has 1 heterocycles. The van der Waals surface area contributed by atoms with Crippen LogP contribution in [-0.2, 0) is 11.2 Å². The lowest BCUT2D eigenvalue weighted by molar-refractivity contribution is 0.0636. The van der Waals surface area contributed by atoms with E-state index in [9.17, 15) is 4.79 Å². The third-order valence-corrected chi connectivity index (χ3v) is 2.52. The summed E-state index contributed by atoms with van der Waals surface area (Å²) in [5.41, 5.74) is 4.92. The van der Waals surface area contributed by atoms with Crippen molar-refractivity contribution in [2.45, 2.75) is 46.6 Å². The number of aromatic nitrogens is 1. The van der Waals surface area contributed by atoms with Crippen LogP contribution in [0.25, 0.3) is 0 Å². The van der Waals surface area contributed by atoms with Crippen LogP contribution < -0.4 is 11.1 Å². The molecule has 0 aromatic carbocycles. The number of hydrogen-bond acceptors (Lipinski definition) is 5. The van der Waals surface area contributed by atoms with Gasteiger partial charge in [-0.05, 0) is 33.7 Å².